The number of aryl methyl sites for hydroxylation is 2. The lowest BCUT2D eigenvalue weighted by atomic mass is 10.2. The van der Waals surface area contributed by atoms with Crippen LogP contribution >= 0.6 is 11.8 Å². The first-order chi connectivity index (χ1) is 16.5. The van der Waals surface area contributed by atoms with Crippen LogP contribution in [0.4, 0.5) is 5.69 Å². The van der Waals surface area contributed by atoms with Crippen LogP contribution in [0.2, 0.25) is 0 Å². The van der Waals surface area contributed by atoms with E-state index in [0.717, 1.165) is 22.5 Å². The molecule has 0 saturated carbocycles. The molecule has 0 fully saturated rings. The molecule has 4 rings (SSSR count). The molecule has 0 spiro atoms. The second kappa shape index (κ2) is 10.8. The molecule has 2 amide bonds. The fourth-order valence-corrected chi connectivity index (χ4v) is 4.21. The fraction of sp³-hybridized carbons (Fsp3) is 0.154. The first kappa shape index (κ1) is 23.3. The maximum atomic E-state index is 12.5. The Morgan fingerprint density at radius 2 is 1.62 bits per heavy atom. The van der Waals surface area contributed by atoms with E-state index in [1.54, 1.807) is 12.1 Å². The van der Waals surface area contributed by atoms with Crippen molar-refractivity contribution in [2.24, 2.45) is 0 Å². The summed E-state index contributed by atoms with van der Waals surface area (Å²) >= 11 is 1.30. The van der Waals surface area contributed by atoms with Gasteiger partial charge in [-0.25, -0.2) is 0 Å². The monoisotopic (exact) mass is 471 g/mol. The molecule has 0 atom stereocenters. The highest BCUT2D eigenvalue weighted by molar-refractivity contribution is 7.99. The minimum Gasteiger partial charge on any atom is -0.345 e. The normalized spacial score (nSPS) is 10.6. The van der Waals surface area contributed by atoms with Crippen LogP contribution in [0.5, 0.6) is 0 Å². The van der Waals surface area contributed by atoms with Crippen molar-refractivity contribution in [3.05, 3.63) is 101 Å². The van der Waals surface area contributed by atoms with Crippen molar-refractivity contribution in [3.8, 4) is 5.69 Å². The summed E-state index contributed by atoms with van der Waals surface area (Å²) in [6.45, 7) is 4.18. The van der Waals surface area contributed by atoms with Crippen molar-refractivity contribution >= 4 is 29.3 Å². The highest BCUT2D eigenvalue weighted by Crippen LogP contribution is 2.23. The molecular weight excluding hydrogens is 446 g/mol. The average molecular weight is 472 g/mol. The van der Waals surface area contributed by atoms with Gasteiger partial charge in [0.25, 0.3) is 5.91 Å². The molecule has 1 heterocycles. The zero-order valence-corrected chi connectivity index (χ0v) is 19.8. The van der Waals surface area contributed by atoms with Gasteiger partial charge < -0.3 is 10.6 Å². The minimum atomic E-state index is -0.189. The van der Waals surface area contributed by atoms with Gasteiger partial charge in [-0.3, -0.25) is 14.2 Å². The Balaban J connectivity index is 1.51. The number of hydrogen-bond donors (Lipinski definition) is 2. The summed E-state index contributed by atoms with van der Waals surface area (Å²) in [5.41, 5.74) is 4.36. The van der Waals surface area contributed by atoms with E-state index in [-0.39, 0.29) is 24.1 Å². The molecule has 0 aliphatic rings. The molecule has 2 N–H and O–H groups in total. The number of carbonyl (C=O) groups excluding carboxylic acids is 2. The second-order valence-corrected chi connectivity index (χ2v) is 8.77. The predicted octanol–water partition coefficient (Wildman–Crippen LogP) is 4.54. The lowest BCUT2D eigenvalue weighted by Crippen LogP contribution is -2.24. The standard InChI is InChI=1S/C26H25N5O2S/c1-18-8-6-12-21(14-18)28-24(32)17-34-26-30-29-23(31(26)22-13-7-9-19(2)15-22)16-27-25(33)20-10-4-3-5-11-20/h3-15H,16-17H2,1-2H3,(H,27,33)(H,28,32). The first-order valence-corrected chi connectivity index (χ1v) is 11.8. The number of anilines is 1. The van der Waals surface area contributed by atoms with Crippen LogP contribution in [-0.4, -0.2) is 32.3 Å². The van der Waals surface area contributed by atoms with E-state index in [4.69, 9.17) is 0 Å². The van der Waals surface area contributed by atoms with E-state index in [2.05, 4.69) is 20.8 Å². The topological polar surface area (TPSA) is 88.9 Å². The Labute approximate surface area is 202 Å². The number of aromatic nitrogens is 3. The Kier molecular flexibility index (Phi) is 7.39. The summed E-state index contributed by atoms with van der Waals surface area (Å²) in [5, 5.41) is 15.0. The maximum absolute atomic E-state index is 12.5. The number of benzene rings is 3. The molecule has 0 aliphatic carbocycles. The summed E-state index contributed by atoms with van der Waals surface area (Å²) in [6, 6.07) is 24.6. The molecule has 3 aromatic carbocycles. The largest absolute Gasteiger partial charge is 0.345 e. The molecule has 0 radical (unpaired) electrons. The molecule has 0 aliphatic heterocycles. The SMILES string of the molecule is Cc1cccc(NC(=O)CSc2nnc(CNC(=O)c3ccccc3)n2-c2cccc(C)c2)c1. The van der Waals surface area contributed by atoms with Crippen LogP contribution < -0.4 is 10.6 Å². The molecule has 1 aromatic heterocycles. The van der Waals surface area contributed by atoms with Crippen LogP contribution in [0.15, 0.2) is 84.0 Å². The third kappa shape index (κ3) is 5.90. The zero-order chi connectivity index (χ0) is 23.9. The first-order valence-electron chi connectivity index (χ1n) is 10.8. The van der Waals surface area contributed by atoms with Crippen molar-refractivity contribution in [1.29, 1.82) is 0 Å². The van der Waals surface area contributed by atoms with Gasteiger partial charge in [0.2, 0.25) is 5.91 Å². The van der Waals surface area contributed by atoms with Crippen LogP contribution in [0.3, 0.4) is 0 Å². The molecule has 0 bridgehead atoms. The van der Waals surface area contributed by atoms with Gasteiger partial charge in [-0.15, -0.1) is 10.2 Å². The van der Waals surface area contributed by atoms with Crippen molar-refractivity contribution in [3.63, 3.8) is 0 Å². The number of hydrogen-bond acceptors (Lipinski definition) is 5. The highest BCUT2D eigenvalue weighted by Gasteiger charge is 2.17. The van der Waals surface area contributed by atoms with Crippen molar-refractivity contribution in [2.75, 3.05) is 11.1 Å². The smallest absolute Gasteiger partial charge is 0.251 e. The van der Waals surface area contributed by atoms with E-state index >= 15 is 0 Å². The predicted molar refractivity (Wildman–Crippen MR) is 134 cm³/mol. The molecule has 172 valence electrons. The number of amides is 2. The van der Waals surface area contributed by atoms with Gasteiger partial charge in [-0.05, 0) is 61.4 Å². The van der Waals surface area contributed by atoms with Gasteiger partial charge in [0.05, 0.1) is 12.3 Å². The van der Waals surface area contributed by atoms with E-state index in [1.165, 1.54) is 11.8 Å². The number of nitrogens with one attached hydrogen (secondary N) is 2. The van der Waals surface area contributed by atoms with Crippen LogP contribution in [0.1, 0.15) is 27.3 Å². The Bertz CT molecular complexity index is 1300. The van der Waals surface area contributed by atoms with Gasteiger partial charge in [-0.2, -0.15) is 0 Å². The Hall–Kier alpha value is -3.91. The van der Waals surface area contributed by atoms with Crippen LogP contribution in [-0.2, 0) is 11.3 Å². The number of rotatable bonds is 8. The van der Waals surface area contributed by atoms with Gasteiger partial charge >= 0.3 is 0 Å². The molecular formula is C26H25N5O2S. The molecule has 0 unspecified atom stereocenters. The summed E-state index contributed by atoms with van der Waals surface area (Å²) < 4.78 is 1.88. The summed E-state index contributed by atoms with van der Waals surface area (Å²) in [6.07, 6.45) is 0. The quantitative estimate of drug-likeness (QED) is 0.368. The number of nitrogens with zero attached hydrogens (tertiary/aromatic N) is 3. The lowest BCUT2D eigenvalue weighted by Gasteiger charge is -2.12. The molecule has 34 heavy (non-hydrogen) atoms. The van der Waals surface area contributed by atoms with Gasteiger partial charge in [0.1, 0.15) is 0 Å². The minimum absolute atomic E-state index is 0.131. The van der Waals surface area contributed by atoms with Gasteiger partial charge in [-0.1, -0.05) is 54.2 Å². The third-order valence-corrected chi connectivity index (χ3v) is 5.97. The number of thioether (sulfide) groups is 1. The molecule has 8 heteroatoms. The van der Waals surface area contributed by atoms with E-state index in [9.17, 15) is 9.59 Å². The fourth-order valence-electron chi connectivity index (χ4n) is 3.44. The Morgan fingerprint density at radius 1 is 0.882 bits per heavy atom. The van der Waals surface area contributed by atoms with Crippen molar-refractivity contribution < 1.29 is 9.59 Å². The molecule has 7 nitrogen and oxygen atoms in total. The summed E-state index contributed by atoms with van der Waals surface area (Å²) in [7, 11) is 0. The number of carbonyl (C=O) groups is 2. The van der Waals surface area contributed by atoms with Crippen molar-refractivity contribution in [2.45, 2.75) is 25.5 Å². The maximum Gasteiger partial charge on any atom is 0.251 e. The van der Waals surface area contributed by atoms with Crippen molar-refractivity contribution in [1.82, 2.24) is 20.1 Å². The van der Waals surface area contributed by atoms with Crippen LogP contribution in [0.25, 0.3) is 5.69 Å². The highest BCUT2D eigenvalue weighted by atomic mass is 32.2. The second-order valence-electron chi connectivity index (χ2n) is 7.83. The lowest BCUT2D eigenvalue weighted by molar-refractivity contribution is -0.113. The van der Waals surface area contributed by atoms with E-state index < -0.39 is 0 Å². The molecule has 4 aromatic rings. The van der Waals surface area contributed by atoms with Gasteiger partial charge in [0, 0.05) is 16.9 Å². The summed E-state index contributed by atoms with van der Waals surface area (Å²) in [4.78, 5) is 25.0. The average Bonchev–Trinajstić information content (AvgIpc) is 3.24. The molecule has 0 saturated heterocycles. The van der Waals surface area contributed by atoms with E-state index in [1.807, 2.05) is 85.1 Å². The summed E-state index contributed by atoms with van der Waals surface area (Å²) in [5.74, 6) is 0.435. The van der Waals surface area contributed by atoms with Crippen LogP contribution in [0, 0.1) is 13.8 Å². The zero-order valence-electron chi connectivity index (χ0n) is 19.0. The van der Waals surface area contributed by atoms with Gasteiger partial charge in [0.15, 0.2) is 11.0 Å². The third-order valence-electron chi connectivity index (χ3n) is 5.04. The van der Waals surface area contributed by atoms with E-state index in [0.29, 0.717) is 16.5 Å². The Morgan fingerprint density at radius 3 is 2.35 bits per heavy atom.